The molecule has 2 N–H and O–H groups in total. The van der Waals surface area contributed by atoms with E-state index >= 15 is 0 Å². The summed E-state index contributed by atoms with van der Waals surface area (Å²) in [6.45, 7) is 6.08. The van der Waals surface area contributed by atoms with Gasteiger partial charge < -0.3 is 10.6 Å². The number of para-hydroxylation sites is 1. The van der Waals surface area contributed by atoms with E-state index in [1.54, 1.807) is 6.92 Å². The van der Waals surface area contributed by atoms with Gasteiger partial charge in [0.15, 0.2) is 5.69 Å². The monoisotopic (exact) mass is 425 g/mol. The Morgan fingerprint density at radius 2 is 1.70 bits per heavy atom. The summed E-state index contributed by atoms with van der Waals surface area (Å²) in [5.41, 5.74) is 4.51. The molecule has 0 atom stereocenters. The van der Waals surface area contributed by atoms with Crippen molar-refractivity contribution in [1.29, 1.82) is 0 Å². The van der Waals surface area contributed by atoms with E-state index in [0.717, 1.165) is 22.4 Å². The van der Waals surface area contributed by atoms with Crippen LogP contribution in [0, 0.1) is 20.8 Å². The highest BCUT2D eigenvalue weighted by Crippen LogP contribution is 2.20. The van der Waals surface area contributed by atoms with Crippen LogP contribution in [0.1, 0.15) is 32.9 Å². The van der Waals surface area contributed by atoms with Crippen molar-refractivity contribution in [3.63, 3.8) is 0 Å². The normalized spacial score (nSPS) is 10.7. The molecule has 156 valence electrons. The minimum atomic E-state index is -0.348. The van der Waals surface area contributed by atoms with Crippen molar-refractivity contribution in [2.45, 2.75) is 33.7 Å². The first kappa shape index (κ1) is 21.5. The lowest BCUT2D eigenvalue weighted by Gasteiger charge is -2.10. The number of aryl methyl sites for hydroxylation is 2. The second-order valence-electron chi connectivity index (χ2n) is 7.13. The third-order valence-electron chi connectivity index (χ3n) is 4.86. The van der Waals surface area contributed by atoms with Gasteiger partial charge in [-0.2, -0.15) is 0 Å². The summed E-state index contributed by atoms with van der Waals surface area (Å²) in [4.78, 5) is 24.9. The molecule has 0 spiro atoms. The molecule has 0 aliphatic carbocycles. The van der Waals surface area contributed by atoms with Gasteiger partial charge in [-0.3, -0.25) is 9.59 Å². The Morgan fingerprint density at radius 1 is 1.03 bits per heavy atom. The van der Waals surface area contributed by atoms with Crippen LogP contribution in [0.5, 0.6) is 0 Å². The number of amides is 2. The lowest BCUT2D eigenvalue weighted by molar-refractivity contribution is -0.121. The molecule has 0 saturated carbocycles. The highest BCUT2D eigenvalue weighted by molar-refractivity contribution is 6.30. The van der Waals surface area contributed by atoms with Gasteiger partial charge in [0, 0.05) is 17.3 Å². The molecule has 3 aromatic rings. The summed E-state index contributed by atoms with van der Waals surface area (Å²) in [6.07, 6.45) is 0.697. The van der Waals surface area contributed by atoms with Crippen LogP contribution in [0.4, 0.5) is 5.69 Å². The van der Waals surface area contributed by atoms with Crippen molar-refractivity contribution >= 4 is 29.1 Å². The van der Waals surface area contributed by atoms with Crippen molar-refractivity contribution in [2.24, 2.45) is 0 Å². The van der Waals surface area contributed by atoms with Gasteiger partial charge in [0.25, 0.3) is 5.91 Å². The minimum Gasteiger partial charge on any atom is -0.354 e. The van der Waals surface area contributed by atoms with Crippen LogP contribution >= 0.6 is 11.6 Å². The van der Waals surface area contributed by atoms with Crippen LogP contribution in [-0.2, 0) is 17.8 Å². The molecule has 8 heteroatoms. The van der Waals surface area contributed by atoms with E-state index in [1.807, 2.05) is 56.3 Å². The quantitative estimate of drug-likeness (QED) is 0.606. The number of benzene rings is 2. The van der Waals surface area contributed by atoms with Crippen LogP contribution in [0.25, 0.3) is 0 Å². The zero-order valence-electron chi connectivity index (χ0n) is 17.2. The maximum Gasteiger partial charge on any atom is 0.278 e. The first-order valence-electron chi connectivity index (χ1n) is 9.64. The second kappa shape index (κ2) is 9.54. The van der Waals surface area contributed by atoms with Crippen molar-refractivity contribution in [1.82, 2.24) is 20.3 Å². The van der Waals surface area contributed by atoms with E-state index in [0.29, 0.717) is 23.7 Å². The average Bonchev–Trinajstić information content (AvgIpc) is 3.06. The number of hydrogen-bond donors (Lipinski definition) is 2. The number of halogens is 1. The fourth-order valence-electron chi connectivity index (χ4n) is 3.09. The number of nitrogens with one attached hydrogen (secondary N) is 2. The summed E-state index contributed by atoms with van der Waals surface area (Å²) in [5.74, 6) is -0.544. The molecule has 1 heterocycles. The number of rotatable bonds is 7. The second-order valence-corrected chi connectivity index (χ2v) is 7.56. The van der Waals surface area contributed by atoms with Crippen molar-refractivity contribution < 1.29 is 9.59 Å². The Balaban J connectivity index is 1.57. The largest absolute Gasteiger partial charge is 0.354 e. The summed E-state index contributed by atoms with van der Waals surface area (Å²) < 4.78 is 1.43. The third kappa shape index (κ3) is 5.24. The Hall–Kier alpha value is -3.19. The molecule has 0 bridgehead atoms. The van der Waals surface area contributed by atoms with E-state index in [2.05, 4.69) is 20.9 Å². The molecular formula is C22H24ClN5O2. The summed E-state index contributed by atoms with van der Waals surface area (Å²) >= 11 is 5.87. The lowest BCUT2D eigenvalue weighted by atomic mass is 10.1. The van der Waals surface area contributed by atoms with Crippen LogP contribution in [0.15, 0.2) is 42.5 Å². The van der Waals surface area contributed by atoms with E-state index < -0.39 is 0 Å². The third-order valence-corrected chi connectivity index (χ3v) is 5.11. The van der Waals surface area contributed by atoms with Crippen LogP contribution in [0.3, 0.4) is 0 Å². The Bertz CT molecular complexity index is 1040. The molecule has 7 nitrogen and oxygen atoms in total. The molecule has 3 rings (SSSR count). The van der Waals surface area contributed by atoms with Gasteiger partial charge in [-0.1, -0.05) is 47.1 Å². The number of carbonyl (C=O) groups is 2. The number of hydrogen-bond acceptors (Lipinski definition) is 4. The number of nitrogens with zero attached hydrogens (tertiary/aromatic N) is 3. The van der Waals surface area contributed by atoms with E-state index in [9.17, 15) is 9.59 Å². The van der Waals surface area contributed by atoms with Gasteiger partial charge >= 0.3 is 0 Å². The maximum absolute atomic E-state index is 12.7. The molecule has 1 aromatic heterocycles. The predicted molar refractivity (Wildman–Crippen MR) is 117 cm³/mol. The smallest absolute Gasteiger partial charge is 0.278 e. The van der Waals surface area contributed by atoms with Crippen LogP contribution < -0.4 is 10.6 Å². The summed E-state index contributed by atoms with van der Waals surface area (Å²) in [7, 11) is 0. The van der Waals surface area contributed by atoms with E-state index in [1.165, 1.54) is 4.68 Å². The molecule has 2 amide bonds. The predicted octanol–water partition coefficient (Wildman–Crippen LogP) is 3.47. The number of carbonyl (C=O) groups excluding carboxylic acids is 2. The van der Waals surface area contributed by atoms with Gasteiger partial charge in [0.1, 0.15) is 6.54 Å². The van der Waals surface area contributed by atoms with Crippen molar-refractivity contribution in [3.8, 4) is 0 Å². The van der Waals surface area contributed by atoms with Crippen LogP contribution in [0.2, 0.25) is 5.02 Å². The summed E-state index contributed by atoms with van der Waals surface area (Å²) in [6, 6.07) is 13.3. The molecule has 0 radical (unpaired) electrons. The first-order chi connectivity index (χ1) is 14.3. The van der Waals surface area contributed by atoms with Gasteiger partial charge in [0.05, 0.1) is 5.69 Å². The fraction of sp³-hybridized carbons (Fsp3) is 0.273. The van der Waals surface area contributed by atoms with Gasteiger partial charge in [0.2, 0.25) is 5.91 Å². The summed E-state index contributed by atoms with van der Waals surface area (Å²) in [5, 5.41) is 14.4. The highest BCUT2D eigenvalue weighted by Gasteiger charge is 2.19. The Labute approximate surface area is 180 Å². The average molecular weight is 426 g/mol. The Kier molecular flexibility index (Phi) is 6.84. The lowest BCUT2D eigenvalue weighted by Crippen LogP contribution is -2.30. The van der Waals surface area contributed by atoms with Crippen molar-refractivity contribution in [2.75, 3.05) is 11.9 Å². The molecule has 0 saturated heterocycles. The molecule has 0 fully saturated rings. The molecule has 2 aromatic carbocycles. The molecule has 30 heavy (non-hydrogen) atoms. The minimum absolute atomic E-state index is 0.00385. The molecule has 0 aliphatic rings. The zero-order chi connectivity index (χ0) is 21.7. The zero-order valence-corrected chi connectivity index (χ0v) is 18.0. The van der Waals surface area contributed by atoms with E-state index in [-0.39, 0.29) is 24.1 Å². The number of anilines is 1. The van der Waals surface area contributed by atoms with Crippen molar-refractivity contribution in [3.05, 3.63) is 75.6 Å². The number of aromatic nitrogens is 3. The van der Waals surface area contributed by atoms with Gasteiger partial charge in [-0.25, -0.2) is 4.68 Å². The topological polar surface area (TPSA) is 88.9 Å². The highest BCUT2D eigenvalue weighted by atomic mass is 35.5. The Morgan fingerprint density at radius 3 is 2.37 bits per heavy atom. The van der Waals surface area contributed by atoms with Gasteiger partial charge in [-0.05, 0) is 56.0 Å². The molecular weight excluding hydrogens is 402 g/mol. The fourth-order valence-corrected chi connectivity index (χ4v) is 3.22. The molecule has 0 unspecified atom stereocenters. The standard InChI is InChI=1S/C22H24ClN5O2/c1-14-5-4-6-15(2)20(14)25-22(30)21-16(3)28(27-26-21)13-19(29)24-12-11-17-7-9-18(23)10-8-17/h4-10H,11-13H2,1-3H3,(H,24,29)(H,25,30). The maximum atomic E-state index is 12.7. The van der Waals surface area contributed by atoms with E-state index in [4.69, 9.17) is 11.6 Å². The molecule has 0 aliphatic heterocycles. The van der Waals surface area contributed by atoms with Crippen LogP contribution in [-0.4, -0.2) is 33.4 Å². The first-order valence-corrected chi connectivity index (χ1v) is 10.0. The van der Waals surface area contributed by atoms with Gasteiger partial charge in [-0.15, -0.1) is 5.10 Å². The SMILES string of the molecule is Cc1cccc(C)c1NC(=O)c1nnn(CC(=O)NCCc2ccc(Cl)cc2)c1C.